The topological polar surface area (TPSA) is 103 Å². The number of methoxy groups -OCH3 is 1. The lowest BCUT2D eigenvalue weighted by Gasteiger charge is -1.99. The molecule has 0 saturated heterocycles. The number of thioether (sulfide) groups is 1. The highest BCUT2D eigenvalue weighted by molar-refractivity contribution is 8.01. The Balaban J connectivity index is 1.46. The first-order valence-electron chi connectivity index (χ1n) is 8.41. The summed E-state index contributed by atoms with van der Waals surface area (Å²) >= 11 is 2.98. The van der Waals surface area contributed by atoms with E-state index in [2.05, 4.69) is 25.7 Å². The van der Waals surface area contributed by atoms with Gasteiger partial charge in [-0.15, -0.1) is 10.2 Å². The molecule has 3 rings (SSSR count). The summed E-state index contributed by atoms with van der Waals surface area (Å²) in [6.45, 7) is 2.04. The second kappa shape index (κ2) is 9.47. The molecule has 0 aliphatic heterocycles. The Hall–Kier alpha value is -2.46. The maximum Gasteiger partial charge on any atom is 0.226 e. The molecule has 1 amide bonds. The molecule has 27 heavy (non-hydrogen) atoms. The molecule has 0 spiro atoms. The zero-order valence-electron chi connectivity index (χ0n) is 15.0. The number of aromatic nitrogens is 4. The highest BCUT2D eigenvalue weighted by Crippen LogP contribution is 2.25. The highest BCUT2D eigenvalue weighted by Gasteiger charge is 2.11. The quantitative estimate of drug-likeness (QED) is 0.425. The third-order valence-corrected chi connectivity index (χ3v) is 5.39. The number of hydrogen-bond donors (Lipinski definition) is 1. The Morgan fingerprint density at radius 2 is 2.11 bits per heavy atom. The predicted octanol–water partition coefficient (Wildman–Crippen LogP) is 3.67. The van der Waals surface area contributed by atoms with Gasteiger partial charge in [-0.05, 0) is 36.4 Å². The summed E-state index contributed by atoms with van der Waals surface area (Å²) in [4.78, 5) is 16.4. The van der Waals surface area contributed by atoms with Crippen molar-refractivity contribution < 1.29 is 14.1 Å². The molecular weight excluding hydrogens is 386 g/mol. The Morgan fingerprint density at radius 1 is 1.30 bits per heavy atom. The van der Waals surface area contributed by atoms with Crippen LogP contribution in [0.3, 0.4) is 0 Å². The molecule has 2 heterocycles. The fourth-order valence-corrected chi connectivity index (χ4v) is 3.90. The molecule has 142 valence electrons. The fourth-order valence-electron chi connectivity index (χ4n) is 2.24. The molecule has 0 bridgehead atoms. The minimum absolute atomic E-state index is 0.103. The van der Waals surface area contributed by atoms with Crippen LogP contribution in [0.15, 0.2) is 33.1 Å². The number of rotatable bonds is 9. The molecule has 1 N–H and O–H groups in total. The number of carbonyl (C=O) groups is 1. The molecule has 3 aromatic rings. The minimum atomic E-state index is -0.103. The van der Waals surface area contributed by atoms with Crippen molar-refractivity contribution in [3.63, 3.8) is 0 Å². The summed E-state index contributed by atoms with van der Waals surface area (Å²) < 4.78 is 11.2. The summed E-state index contributed by atoms with van der Waals surface area (Å²) in [5, 5.41) is 15.2. The van der Waals surface area contributed by atoms with Gasteiger partial charge in [0.15, 0.2) is 4.34 Å². The highest BCUT2D eigenvalue weighted by atomic mass is 32.2. The molecule has 10 heteroatoms. The fraction of sp³-hybridized carbons (Fsp3) is 0.353. The van der Waals surface area contributed by atoms with Crippen LogP contribution in [0.2, 0.25) is 0 Å². The number of aryl methyl sites for hydroxylation is 1. The van der Waals surface area contributed by atoms with E-state index in [1.807, 2.05) is 31.2 Å². The van der Waals surface area contributed by atoms with Crippen molar-refractivity contribution in [2.45, 2.75) is 30.5 Å². The van der Waals surface area contributed by atoms with Gasteiger partial charge in [0.1, 0.15) is 5.75 Å². The van der Waals surface area contributed by atoms with Crippen LogP contribution in [0, 0.1) is 0 Å². The van der Waals surface area contributed by atoms with Gasteiger partial charge in [0.2, 0.25) is 22.8 Å². The second-order valence-electron chi connectivity index (χ2n) is 5.45. The SMILES string of the molecule is CCSc1nnc(NC(=O)CCCc2nc(-c3ccc(OC)cc3)no2)s1. The standard InChI is InChI=1S/C17H19N5O3S2/c1-3-26-17-21-20-16(27-17)18-13(23)5-4-6-14-19-15(22-25-14)11-7-9-12(24-2)10-8-11/h7-10H,3-6H2,1-2H3,(H,18,20,23). The van der Waals surface area contributed by atoms with E-state index in [0.29, 0.717) is 36.1 Å². The van der Waals surface area contributed by atoms with E-state index in [4.69, 9.17) is 9.26 Å². The predicted molar refractivity (Wildman–Crippen MR) is 104 cm³/mol. The number of nitrogens with zero attached hydrogens (tertiary/aromatic N) is 4. The zero-order chi connectivity index (χ0) is 19.1. The summed E-state index contributed by atoms with van der Waals surface area (Å²) in [5.41, 5.74) is 0.848. The van der Waals surface area contributed by atoms with Gasteiger partial charge in [0, 0.05) is 18.4 Å². The molecule has 1 aromatic carbocycles. The second-order valence-corrected chi connectivity index (χ2v) is 7.94. The maximum absolute atomic E-state index is 12.0. The van der Waals surface area contributed by atoms with Crippen LogP contribution in [0.5, 0.6) is 5.75 Å². The Bertz CT molecular complexity index is 879. The molecule has 0 unspecified atom stereocenters. The number of ether oxygens (including phenoxy) is 1. The lowest BCUT2D eigenvalue weighted by atomic mass is 10.2. The number of nitrogens with one attached hydrogen (secondary N) is 1. The number of carbonyl (C=O) groups excluding carboxylic acids is 1. The van der Waals surface area contributed by atoms with Gasteiger partial charge < -0.3 is 14.6 Å². The zero-order valence-corrected chi connectivity index (χ0v) is 16.6. The molecule has 2 aromatic heterocycles. The summed E-state index contributed by atoms with van der Waals surface area (Å²) in [6, 6.07) is 7.42. The van der Waals surface area contributed by atoms with E-state index in [9.17, 15) is 4.79 Å². The Morgan fingerprint density at radius 3 is 2.85 bits per heavy atom. The van der Waals surface area contributed by atoms with Crippen molar-refractivity contribution in [3.8, 4) is 17.1 Å². The van der Waals surface area contributed by atoms with Crippen molar-refractivity contribution in [2.24, 2.45) is 0 Å². The van der Waals surface area contributed by atoms with Crippen LogP contribution in [0.4, 0.5) is 5.13 Å². The third-order valence-electron chi connectivity index (χ3n) is 3.53. The van der Waals surface area contributed by atoms with Gasteiger partial charge in [-0.25, -0.2) is 0 Å². The number of anilines is 1. The number of benzene rings is 1. The molecule has 0 saturated carbocycles. The summed E-state index contributed by atoms with van der Waals surface area (Å²) in [5.74, 6) is 2.61. The van der Waals surface area contributed by atoms with E-state index >= 15 is 0 Å². The largest absolute Gasteiger partial charge is 0.497 e. The lowest BCUT2D eigenvalue weighted by molar-refractivity contribution is -0.116. The van der Waals surface area contributed by atoms with Crippen LogP contribution >= 0.6 is 23.1 Å². The van der Waals surface area contributed by atoms with Gasteiger partial charge in [0.25, 0.3) is 0 Å². The average molecular weight is 406 g/mol. The van der Waals surface area contributed by atoms with Crippen molar-refractivity contribution >= 4 is 34.1 Å². The van der Waals surface area contributed by atoms with E-state index in [1.165, 1.54) is 11.3 Å². The molecular formula is C17H19N5O3S2. The van der Waals surface area contributed by atoms with E-state index in [1.54, 1.807) is 18.9 Å². The first-order chi connectivity index (χ1) is 13.2. The van der Waals surface area contributed by atoms with Gasteiger partial charge in [-0.3, -0.25) is 4.79 Å². The van der Waals surface area contributed by atoms with E-state index in [-0.39, 0.29) is 5.91 Å². The van der Waals surface area contributed by atoms with Crippen molar-refractivity contribution in [1.82, 2.24) is 20.3 Å². The van der Waals surface area contributed by atoms with Crippen molar-refractivity contribution in [3.05, 3.63) is 30.2 Å². The van der Waals surface area contributed by atoms with Crippen molar-refractivity contribution in [2.75, 3.05) is 18.2 Å². The number of hydrogen-bond acceptors (Lipinski definition) is 9. The van der Waals surface area contributed by atoms with E-state index in [0.717, 1.165) is 21.4 Å². The number of amides is 1. The molecule has 0 aliphatic carbocycles. The molecule has 0 fully saturated rings. The average Bonchev–Trinajstić information content (AvgIpc) is 3.32. The smallest absolute Gasteiger partial charge is 0.226 e. The molecule has 8 nitrogen and oxygen atoms in total. The first kappa shape index (κ1) is 19.3. The van der Waals surface area contributed by atoms with Crippen molar-refractivity contribution in [1.29, 1.82) is 0 Å². The monoisotopic (exact) mass is 405 g/mol. The van der Waals surface area contributed by atoms with Crippen LogP contribution in [-0.2, 0) is 11.2 Å². The minimum Gasteiger partial charge on any atom is -0.497 e. The van der Waals surface area contributed by atoms with Crippen LogP contribution in [-0.4, -0.2) is 39.1 Å². The van der Waals surface area contributed by atoms with E-state index < -0.39 is 0 Å². The third kappa shape index (κ3) is 5.51. The van der Waals surface area contributed by atoms with Gasteiger partial charge in [-0.1, -0.05) is 35.2 Å². The molecule has 0 aliphatic rings. The van der Waals surface area contributed by atoms with Crippen LogP contribution in [0.1, 0.15) is 25.7 Å². The molecule has 0 radical (unpaired) electrons. The molecule has 0 atom stereocenters. The maximum atomic E-state index is 12.0. The Labute approximate surface area is 164 Å². The Kier molecular flexibility index (Phi) is 6.77. The van der Waals surface area contributed by atoms with Gasteiger partial charge >= 0.3 is 0 Å². The summed E-state index contributed by atoms with van der Waals surface area (Å²) in [7, 11) is 1.62. The van der Waals surface area contributed by atoms with Gasteiger partial charge in [0.05, 0.1) is 7.11 Å². The lowest BCUT2D eigenvalue weighted by Crippen LogP contribution is -2.11. The van der Waals surface area contributed by atoms with Gasteiger partial charge in [-0.2, -0.15) is 4.98 Å². The van der Waals surface area contributed by atoms with Crippen LogP contribution < -0.4 is 10.1 Å². The summed E-state index contributed by atoms with van der Waals surface area (Å²) in [6.07, 6.45) is 1.48. The normalized spacial score (nSPS) is 10.7. The first-order valence-corrected chi connectivity index (χ1v) is 10.2. The van der Waals surface area contributed by atoms with Crippen LogP contribution in [0.25, 0.3) is 11.4 Å².